The van der Waals surface area contributed by atoms with E-state index in [4.69, 9.17) is 0 Å². The second-order valence-corrected chi connectivity index (χ2v) is 13.8. The van der Waals surface area contributed by atoms with Crippen LogP contribution >= 0.6 is 0 Å². The molecule has 2 aliphatic rings. The largest absolute Gasteiger partial charge is 0.354 e. The van der Waals surface area contributed by atoms with E-state index < -0.39 is 23.1 Å². The van der Waals surface area contributed by atoms with Crippen LogP contribution in [0.1, 0.15) is 155 Å². The Labute approximate surface area is 310 Å². The van der Waals surface area contributed by atoms with Gasteiger partial charge in [0.2, 0.25) is 11.8 Å². The fourth-order valence-corrected chi connectivity index (χ4v) is 7.21. The maximum Gasteiger partial charge on any atom is 0.224 e. The van der Waals surface area contributed by atoms with Crippen molar-refractivity contribution < 1.29 is 28.8 Å². The summed E-state index contributed by atoms with van der Waals surface area (Å²) in [6.07, 6.45) is 10.3. The van der Waals surface area contributed by atoms with Crippen LogP contribution in [0.5, 0.6) is 0 Å². The first kappa shape index (κ1) is 37.1. The molecule has 9 nitrogen and oxygen atoms in total. The second-order valence-electron chi connectivity index (χ2n) is 13.8. The summed E-state index contributed by atoms with van der Waals surface area (Å²) in [5.74, 6) is -2.16. The molecule has 0 saturated heterocycles. The van der Waals surface area contributed by atoms with Crippen molar-refractivity contribution in [3.05, 3.63) is 117 Å². The van der Waals surface area contributed by atoms with Crippen molar-refractivity contribution in [3.63, 3.8) is 0 Å². The molecule has 4 aromatic rings. The van der Waals surface area contributed by atoms with Crippen molar-refractivity contribution in [2.75, 3.05) is 16.0 Å². The summed E-state index contributed by atoms with van der Waals surface area (Å²) >= 11 is 0. The number of unbranched alkanes of at least 4 members (excludes halogenated alkanes) is 8. The number of anilines is 4. The molecule has 272 valence electrons. The molecule has 0 saturated carbocycles. The maximum atomic E-state index is 14.2. The summed E-state index contributed by atoms with van der Waals surface area (Å²) in [4.78, 5) is 82.6. The van der Waals surface area contributed by atoms with Gasteiger partial charge in [-0.2, -0.15) is 0 Å². The van der Waals surface area contributed by atoms with Gasteiger partial charge in [0.05, 0.1) is 45.0 Å². The number of benzene rings is 4. The molecule has 0 heterocycles. The van der Waals surface area contributed by atoms with E-state index in [9.17, 15) is 28.8 Å². The van der Waals surface area contributed by atoms with E-state index in [1.165, 1.54) is 0 Å². The van der Waals surface area contributed by atoms with Crippen molar-refractivity contribution in [1.29, 1.82) is 0 Å². The number of carbonyl (C=O) groups is 6. The first-order valence-electron chi connectivity index (χ1n) is 18.8. The van der Waals surface area contributed by atoms with Gasteiger partial charge in [0, 0.05) is 35.1 Å². The number of carbonyl (C=O) groups excluding carboxylic acids is 6. The highest BCUT2D eigenvalue weighted by molar-refractivity contribution is 6.34. The summed E-state index contributed by atoms with van der Waals surface area (Å²) < 4.78 is 0. The first-order chi connectivity index (χ1) is 25.7. The quantitative estimate of drug-likeness (QED) is 0.0850. The minimum absolute atomic E-state index is 0.0543. The van der Waals surface area contributed by atoms with Crippen molar-refractivity contribution in [3.8, 4) is 0 Å². The molecule has 3 N–H and O–H groups in total. The van der Waals surface area contributed by atoms with Crippen molar-refractivity contribution in [2.24, 2.45) is 0 Å². The van der Waals surface area contributed by atoms with Gasteiger partial charge in [0.1, 0.15) is 0 Å². The number of amides is 2. The van der Waals surface area contributed by atoms with E-state index in [-0.39, 0.29) is 91.9 Å². The van der Waals surface area contributed by atoms with Crippen LogP contribution in [-0.4, -0.2) is 34.9 Å². The Balaban J connectivity index is 1.38. The van der Waals surface area contributed by atoms with Gasteiger partial charge in [0.15, 0.2) is 23.1 Å². The third kappa shape index (κ3) is 7.75. The predicted molar refractivity (Wildman–Crippen MR) is 207 cm³/mol. The van der Waals surface area contributed by atoms with E-state index >= 15 is 0 Å². The lowest BCUT2D eigenvalue weighted by Gasteiger charge is -2.26. The van der Waals surface area contributed by atoms with Crippen LogP contribution in [0.15, 0.2) is 72.8 Å². The summed E-state index contributed by atoms with van der Waals surface area (Å²) in [5.41, 5.74) is 2.06. The monoisotopic (exact) mass is 711 g/mol. The lowest BCUT2D eigenvalue weighted by molar-refractivity contribution is -0.117. The number of hydrogen-bond donors (Lipinski definition) is 3. The molecule has 2 aliphatic carbocycles. The molecule has 4 aromatic carbocycles. The normalized spacial score (nSPS) is 12.8. The SMILES string of the molecule is CCCCCCCC(=O)Nc1ccc(Nc2ccc(NC(=O)CCCCCCC)c3c2C(=O)c2ccccc2C3=O)c2c1C(=O)c1ccccc1C2=O. The summed E-state index contributed by atoms with van der Waals surface area (Å²) in [6.45, 7) is 4.25. The number of hydrogen-bond acceptors (Lipinski definition) is 7. The zero-order chi connectivity index (χ0) is 37.5. The van der Waals surface area contributed by atoms with Crippen LogP contribution in [0.2, 0.25) is 0 Å². The molecule has 0 spiro atoms. The molecule has 2 amide bonds. The maximum absolute atomic E-state index is 14.2. The molecule has 9 heteroatoms. The number of nitrogens with one attached hydrogen (secondary N) is 3. The summed E-state index contributed by atoms with van der Waals surface area (Å²) in [6, 6.07) is 19.5. The van der Waals surface area contributed by atoms with E-state index in [2.05, 4.69) is 29.8 Å². The van der Waals surface area contributed by atoms with Gasteiger partial charge >= 0.3 is 0 Å². The average Bonchev–Trinajstić information content (AvgIpc) is 3.16. The van der Waals surface area contributed by atoms with E-state index in [1.807, 2.05) is 0 Å². The molecular weight excluding hydrogens is 666 g/mol. The topological polar surface area (TPSA) is 139 Å². The Kier molecular flexibility index (Phi) is 11.7. The fraction of sp³-hybridized carbons (Fsp3) is 0.318. The van der Waals surface area contributed by atoms with Crippen LogP contribution in [0.25, 0.3) is 0 Å². The third-order valence-electron chi connectivity index (χ3n) is 9.98. The van der Waals surface area contributed by atoms with Gasteiger partial charge in [-0.05, 0) is 37.1 Å². The third-order valence-corrected chi connectivity index (χ3v) is 9.98. The molecular formula is C44H45N3O6. The Morgan fingerprint density at radius 3 is 1.06 bits per heavy atom. The average molecular weight is 712 g/mol. The molecule has 53 heavy (non-hydrogen) atoms. The van der Waals surface area contributed by atoms with Crippen LogP contribution in [0.3, 0.4) is 0 Å². The van der Waals surface area contributed by atoms with Crippen LogP contribution < -0.4 is 16.0 Å². The van der Waals surface area contributed by atoms with Crippen LogP contribution in [0.4, 0.5) is 22.7 Å². The minimum Gasteiger partial charge on any atom is -0.354 e. The predicted octanol–water partition coefficient (Wildman–Crippen LogP) is 9.58. The molecule has 0 unspecified atom stereocenters. The van der Waals surface area contributed by atoms with Gasteiger partial charge < -0.3 is 16.0 Å². The zero-order valence-electron chi connectivity index (χ0n) is 30.4. The fourth-order valence-electron chi connectivity index (χ4n) is 7.21. The lowest BCUT2D eigenvalue weighted by atomic mass is 9.81. The highest BCUT2D eigenvalue weighted by atomic mass is 16.2. The van der Waals surface area contributed by atoms with E-state index in [1.54, 1.807) is 72.8 Å². The van der Waals surface area contributed by atoms with Gasteiger partial charge in [-0.25, -0.2) is 0 Å². The Morgan fingerprint density at radius 2 is 0.717 bits per heavy atom. The van der Waals surface area contributed by atoms with Gasteiger partial charge in [-0.1, -0.05) is 114 Å². The highest BCUT2D eigenvalue weighted by Gasteiger charge is 2.37. The molecule has 0 fully saturated rings. The molecule has 0 bridgehead atoms. The molecule has 0 aliphatic heterocycles. The Bertz CT molecular complexity index is 1970. The van der Waals surface area contributed by atoms with Crippen LogP contribution in [0, 0.1) is 0 Å². The van der Waals surface area contributed by atoms with Crippen molar-refractivity contribution >= 4 is 57.7 Å². The zero-order valence-corrected chi connectivity index (χ0v) is 30.4. The molecule has 6 rings (SSSR count). The lowest BCUT2D eigenvalue weighted by Crippen LogP contribution is -2.26. The molecule has 0 aromatic heterocycles. The van der Waals surface area contributed by atoms with Crippen molar-refractivity contribution in [2.45, 2.75) is 90.9 Å². The van der Waals surface area contributed by atoms with Crippen molar-refractivity contribution in [1.82, 2.24) is 0 Å². The number of fused-ring (bicyclic) bond motifs is 4. The second kappa shape index (κ2) is 16.8. The first-order valence-corrected chi connectivity index (χ1v) is 18.8. The molecule has 0 atom stereocenters. The summed E-state index contributed by atoms with van der Waals surface area (Å²) in [7, 11) is 0. The highest BCUT2D eigenvalue weighted by Crippen LogP contribution is 2.41. The van der Waals surface area contributed by atoms with Gasteiger partial charge in [-0.3, -0.25) is 28.8 Å². The minimum atomic E-state index is -0.419. The Morgan fingerprint density at radius 1 is 0.415 bits per heavy atom. The van der Waals surface area contributed by atoms with Gasteiger partial charge in [0.25, 0.3) is 0 Å². The Hall–Kier alpha value is -5.70. The summed E-state index contributed by atoms with van der Waals surface area (Å²) in [5, 5.41) is 8.98. The molecule has 0 radical (unpaired) electrons. The van der Waals surface area contributed by atoms with Crippen LogP contribution in [-0.2, 0) is 9.59 Å². The van der Waals surface area contributed by atoms with Gasteiger partial charge in [-0.15, -0.1) is 0 Å². The standard InChI is InChI=1S/C44H45N3O6/c1-3-5-7-9-11-21-35(48)46-33-25-23-31(37-39(33)43(52)29-19-15-13-17-27(29)41(37)50)45-32-24-26-34(47-36(49)22-12-10-8-6-4-2)40-38(32)42(51)28-18-14-16-20-30(28)44(40)53/h13-20,23-26,45H,3-12,21-22H2,1-2H3,(H,46,48)(H,47,49). The number of rotatable bonds is 16. The smallest absolute Gasteiger partial charge is 0.224 e. The van der Waals surface area contributed by atoms with E-state index in [0.717, 1.165) is 51.4 Å². The van der Waals surface area contributed by atoms with E-state index in [0.29, 0.717) is 12.8 Å². The number of ketones is 4.